The molecule has 14 aromatic rings. The van der Waals surface area contributed by atoms with Gasteiger partial charge in [0.05, 0.1) is 46.5 Å². The molecule has 0 amide bonds. The van der Waals surface area contributed by atoms with Gasteiger partial charge < -0.3 is 9.80 Å². The molecule has 78 heavy (non-hydrogen) atoms. The Morgan fingerprint density at radius 2 is 0.577 bits per heavy atom. The highest BCUT2D eigenvalue weighted by molar-refractivity contribution is 6.27. The van der Waals surface area contributed by atoms with Crippen LogP contribution in [0.15, 0.2) is 304 Å². The van der Waals surface area contributed by atoms with Gasteiger partial charge in [-0.3, -0.25) is 9.97 Å². The summed E-state index contributed by atoms with van der Waals surface area (Å²) in [5, 5.41) is 7.17. The Bertz CT molecular complexity index is 4090. The van der Waals surface area contributed by atoms with Gasteiger partial charge in [0.2, 0.25) is 0 Å². The van der Waals surface area contributed by atoms with Gasteiger partial charge in [-0.05, 0) is 138 Å². The first kappa shape index (κ1) is 46.1. The van der Waals surface area contributed by atoms with E-state index in [1.807, 2.05) is 12.4 Å². The molecule has 0 bridgehead atoms. The fourth-order valence-corrected chi connectivity index (χ4v) is 11.4. The highest BCUT2D eigenvalue weighted by Crippen LogP contribution is 2.47. The van der Waals surface area contributed by atoms with Crippen LogP contribution in [-0.4, -0.2) is 9.97 Å². The molecular formula is C74H50N4. The zero-order chi connectivity index (χ0) is 51.8. The largest absolute Gasteiger partial charge is 0.308 e. The molecule has 4 nitrogen and oxygen atoms in total. The van der Waals surface area contributed by atoms with Crippen LogP contribution in [0.2, 0.25) is 0 Å². The van der Waals surface area contributed by atoms with Crippen LogP contribution in [0.1, 0.15) is 0 Å². The van der Waals surface area contributed by atoms with E-state index in [0.717, 1.165) is 78.9 Å². The maximum Gasteiger partial charge on any atom is 0.0709 e. The van der Waals surface area contributed by atoms with E-state index in [4.69, 9.17) is 9.97 Å². The lowest BCUT2D eigenvalue weighted by Gasteiger charge is -2.28. The van der Waals surface area contributed by atoms with E-state index in [1.165, 1.54) is 54.6 Å². The van der Waals surface area contributed by atoms with E-state index >= 15 is 0 Å². The number of para-hydroxylation sites is 2. The van der Waals surface area contributed by atoms with Crippen molar-refractivity contribution in [3.05, 3.63) is 304 Å². The van der Waals surface area contributed by atoms with Crippen LogP contribution in [0.3, 0.4) is 0 Å². The summed E-state index contributed by atoms with van der Waals surface area (Å²) in [5.74, 6) is 0. The lowest BCUT2D eigenvalue weighted by Crippen LogP contribution is -2.11. The molecular weight excluding hydrogens is 945 g/mol. The third-order valence-corrected chi connectivity index (χ3v) is 15.1. The topological polar surface area (TPSA) is 32.3 Å². The quantitative estimate of drug-likeness (QED) is 0.114. The average molecular weight is 995 g/mol. The Morgan fingerprint density at radius 3 is 0.936 bits per heavy atom. The van der Waals surface area contributed by atoms with E-state index in [-0.39, 0.29) is 0 Å². The van der Waals surface area contributed by atoms with Gasteiger partial charge in [-0.2, -0.15) is 0 Å². The van der Waals surface area contributed by atoms with Gasteiger partial charge in [0.25, 0.3) is 0 Å². The average Bonchev–Trinajstić information content (AvgIpc) is 3.56. The maximum absolute atomic E-state index is 5.29. The van der Waals surface area contributed by atoms with Crippen molar-refractivity contribution < 1.29 is 0 Å². The number of hydrogen-bond donors (Lipinski definition) is 0. The van der Waals surface area contributed by atoms with E-state index in [1.54, 1.807) is 0 Å². The van der Waals surface area contributed by atoms with Gasteiger partial charge in [0.1, 0.15) is 0 Å². The molecule has 0 radical (unpaired) electrons. The van der Waals surface area contributed by atoms with Crippen LogP contribution in [-0.2, 0) is 0 Å². The smallest absolute Gasteiger partial charge is 0.0709 e. The third-order valence-electron chi connectivity index (χ3n) is 15.1. The summed E-state index contributed by atoms with van der Waals surface area (Å²) in [6.45, 7) is 0. The fraction of sp³-hybridized carbons (Fsp3) is 0. The maximum atomic E-state index is 5.29. The number of aromatic nitrogens is 2. The van der Waals surface area contributed by atoms with Crippen molar-refractivity contribution in [2.24, 2.45) is 0 Å². The highest BCUT2D eigenvalue weighted by Gasteiger charge is 2.22. The molecule has 0 aliphatic carbocycles. The van der Waals surface area contributed by atoms with Crippen LogP contribution in [0.5, 0.6) is 0 Å². The first-order valence-corrected chi connectivity index (χ1v) is 26.5. The van der Waals surface area contributed by atoms with Crippen LogP contribution in [0, 0.1) is 0 Å². The minimum atomic E-state index is 0.915. The molecule has 366 valence electrons. The Kier molecular flexibility index (Phi) is 11.8. The van der Waals surface area contributed by atoms with E-state index in [2.05, 4.69) is 301 Å². The van der Waals surface area contributed by atoms with Crippen molar-refractivity contribution in [3.8, 4) is 67.0 Å². The number of rotatable bonds is 12. The normalized spacial score (nSPS) is 11.3. The van der Waals surface area contributed by atoms with Gasteiger partial charge in [-0.15, -0.1) is 0 Å². The van der Waals surface area contributed by atoms with Crippen LogP contribution >= 0.6 is 0 Å². The lowest BCUT2D eigenvalue weighted by molar-refractivity contribution is 1.23. The summed E-state index contributed by atoms with van der Waals surface area (Å²) >= 11 is 0. The Morgan fingerprint density at radius 1 is 0.231 bits per heavy atom. The molecule has 0 saturated carbocycles. The molecule has 0 atom stereocenters. The van der Waals surface area contributed by atoms with Crippen LogP contribution < -0.4 is 9.80 Å². The van der Waals surface area contributed by atoms with Crippen molar-refractivity contribution in [1.82, 2.24) is 9.97 Å². The Balaban J connectivity index is 0.839. The van der Waals surface area contributed by atoms with Gasteiger partial charge >= 0.3 is 0 Å². The molecule has 0 unspecified atom stereocenters. The van der Waals surface area contributed by atoms with Gasteiger partial charge in [0.15, 0.2) is 0 Å². The van der Waals surface area contributed by atoms with Crippen molar-refractivity contribution in [2.75, 3.05) is 9.80 Å². The van der Waals surface area contributed by atoms with Crippen LogP contribution in [0.25, 0.3) is 99.3 Å². The van der Waals surface area contributed by atoms with Crippen molar-refractivity contribution in [3.63, 3.8) is 0 Å². The third kappa shape index (κ3) is 8.48. The fourth-order valence-electron chi connectivity index (χ4n) is 11.4. The molecule has 0 aliphatic heterocycles. The summed E-state index contributed by atoms with van der Waals surface area (Å²) in [5.41, 5.74) is 19.5. The summed E-state index contributed by atoms with van der Waals surface area (Å²) in [7, 11) is 0. The zero-order valence-electron chi connectivity index (χ0n) is 42.7. The number of benzene rings is 12. The van der Waals surface area contributed by atoms with E-state index in [9.17, 15) is 0 Å². The first-order chi connectivity index (χ1) is 38.7. The standard InChI is InChI=1S/C74H50N4/c1-7-19-51(20-8-1)57-35-45-71(67(47-57)53-23-11-3-12-24-53)77(59-27-15-5-16-28-59)61-37-43-69(75-49-61)63-39-31-55-34-42-66-64(40-32-56-33-41-65(63)73(55)74(56)66)70-44-38-62(50-76-70)78(60-29-17-6-18-30-60)72-46-36-58(52-21-9-2-10-22-52)48-68(72)54-25-13-4-14-26-54/h1-50H. The highest BCUT2D eigenvalue weighted by atomic mass is 15.2. The Hall–Kier alpha value is -10.4. The molecule has 0 spiro atoms. The van der Waals surface area contributed by atoms with Crippen molar-refractivity contribution in [1.29, 1.82) is 0 Å². The second-order valence-electron chi connectivity index (χ2n) is 19.7. The molecule has 0 fully saturated rings. The van der Waals surface area contributed by atoms with Gasteiger partial charge in [-0.25, -0.2) is 0 Å². The van der Waals surface area contributed by atoms with Crippen LogP contribution in [0.4, 0.5) is 34.1 Å². The summed E-state index contributed by atoms with van der Waals surface area (Å²) in [6, 6.07) is 104. The molecule has 0 aliphatic rings. The number of pyridine rings is 2. The zero-order valence-corrected chi connectivity index (χ0v) is 42.7. The molecule has 12 aromatic carbocycles. The van der Waals surface area contributed by atoms with E-state index < -0.39 is 0 Å². The summed E-state index contributed by atoms with van der Waals surface area (Å²) in [4.78, 5) is 15.2. The summed E-state index contributed by atoms with van der Waals surface area (Å²) in [6.07, 6.45) is 4.05. The number of nitrogens with zero attached hydrogens (tertiary/aromatic N) is 4. The Labute approximate surface area is 454 Å². The molecule has 14 rings (SSSR count). The SMILES string of the molecule is c1ccc(-c2ccc(N(c3ccccc3)c3ccc(-c4ccc5ccc6c(-c7ccc(N(c8ccccc8)c8ccc(-c9ccccc9)cc8-c8ccccc8)cn7)ccc7ccc4c5c76)nc3)c(-c3ccccc3)c2)cc1. The molecule has 2 heterocycles. The molecule has 0 N–H and O–H groups in total. The van der Waals surface area contributed by atoms with Crippen molar-refractivity contribution >= 4 is 66.4 Å². The second-order valence-corrected chi connectivity index (χ2v) is 19.7. The lowest BCUT2D eigenvalue weighted by atomic mass is 9.88. The first-order valence-electron chi connectivity index (χ1n) is 26.5. The monoisotopic (exact) mass is 994 g/mol. The number of hydrogen-bond acceptors (Lipinski definition) is 4. The molecule has 0 saturated heterocycles. The minimum Gasteiger partial charge on any atom is -0.308 e. The molecule has 2 aromatic heterocycles. The number of anilines is 6. The second kappa shape index (κ2) is 20.0. The minimum absolute atomic E-state index is 0.915. The van der Waals surface area contributed by atoms with Gasteiger partial charge in [0, 0.05) is 33.6 Å². The predicted octanol–water partition coefficient (Wildman–Crippen LogP) is 20.3. The van der Waals surface area contributed by atoms with Gasteiger partial charge in [-0.1, -0.05) is 218 Å². The van der Waals surface area contributed by atoms with Crippen molar-refractivity contribution in [2.45, 2.75) is 0 Å². The molecule has 4 heteroatoms. The predicted molar refractivity (Wildman–Crippen MR) is 328 cm³/mol. The summed E-state index contributed by atoms with van der Waals surface area (Å²) < 4.78 is 0. The van der Waals surface area contributed by atoms with E-state index in [0.29, 0.717) is 0 Å².